The third-order valence-corrected chi connectivity index (χ3v) is 3.35. The topological polar surface area (TPSA) is 52.3 Å². The number of halogens is 1. The zero-order valence-electron chi connectivity index (χ0n) is 11.4. The maximum absolute atomic E-state index is 10.2. The largest absolute Gasteiger partial charge is 0.497 e. The average molecular weight is 336 g/mol. The molecule has 0 bridgehead atoms. The van der Waals surface area contributed by atoms with Gasteiger partial charge in [0.2, 0.25) is 0 Å². The van der Waals surface area contributed by atoms with Gasteiger partial charge in [-0.05, 0) is 36.7 Å². The summed E-state index contributed by atoms with van der Waals surface area (Å²) < 4.78 is 5.86. The summed E-state index contributed by atoms with van der Waals surface area (Å²) >= 11 is 3.23. The number of nitrogens with two attached hydrogens (primary N) is 1. The van der Waals surface area contributed by atoms with Gasteiger partial charge in [-0.2, -0.15) is 0 Å². The van der Waals surface area contributed by atoms with Crippen molar-refractivity contribution in [1.82, 2.24) is 0 Å². The smallest absolute Gasteiger partial charge is 0.151 e. The minimum Gasteiger partial charge on any atom is -0.497 e. The van der Waals surface area contributed by atoms with E-state index in [1.807, 2.05) is 42.5 Å². The Bertz CT molecular complexity index is 526. The highest BCUT2D eigenvalue weighted by molar-refractivity contribution is 9.10. The first kappa shape index (κ1) is 16.4. The first-order valence-electron chi connectivity index (χ1n) is 6.24. The number of benzene rings is 2. The molecule has 0 atom stereocenters. The van der Waals surface area contributed by atoms with Crippen molar-refractivity contribution in [3.8, 4) is 5.75 Å². The Kier molecular flexibility index (Phi) is 7.62. The summed E-state index contributed by atoms with van der Waals surface area (Å²) in [7, 11) is 1.66. The Morgan fingerprint density at radius 2 is 1.80 bits per heavy atom. The summed E-state index contributed by atoms with van der Waals surface area (Å²) in [4.78, 5) is 10.2. The van der Waals surface area contributed by atoms with Gasteiger partial charge in [0, 0.05) is 10.0 Å². The van der Waals surface area contributed by atoms with Crippen molar-refractivity contribution in [3.05, 3.63) is 64.1 Å². The number of ether oxygens (including phenoxy) is 1. The highest BCUT2D eigenvalue weighted by atomic mass is 79.9. The van der Waals surface area contributed by atoms with Crippen molar-refractivity contribution in [2.45, 2.75) is 6.42 Å². The van der Waals surface area contributed by atoms with Crippen LogP contribution in [0.25, 0.3) is 0 Å². The van der Waals surface area contributed by atoms with Gasteiger partial charge in [0.25, 0.3) is 0 Å². The number of carbonyl (C=O) groups excluding carboxylic acids is 1. The lowest BCUT2D eigenvalue weighted by Crippen LogP contribution is -2.02. The molecule has 2 N–H and O–H groups in total. The molecule has 0 radical (unpaired) electrons. The van der Waals surface area contributed by atoms with E-state index in [9.17, 15) is 4.79 Å². The molecule has 0 unspecified atom stereocenters. The summed E-state index contributed by atoms with van der Waals surface area (Å²) in [6.45, 7) is 0.701. The Morgan fingerprint density at radius 3 is 2.25 bits per heavy atom. The normalized spacial score (nSPS) is 9.35. The molecule has 0 aromatic heterocycles. The second kappa shape index (κ2) is 9.28. The van der Waals surface area contributed by atoms with Gasteiger partial charge < -0.3 is 10.5 Å². The predicted molar refractivity (Wildman–Crippen MR) is 85.3 cm³/mol. The fourth-order valence-electron chi connectivity index (χ4n) is 1.53. The molecule has 0 saturated heterocycles. The van der Waals surface area contributed by atoms with Gasteiger partial charge in [0.1, 0.15) is 5.75 Å². The number of carbonyl (C=O) groups is 1. The summed E-state index contributed by atoms with van der Waals surface area (Å²) in [6.07, 6.45) is 1.76. The van der Waals surface area contributed by atoms with Crippen molar-refractivity contribution in [1.29, 1.82) is 0 Å². The SMILES string of the molecule is COc1ccc(CCN)cc1.O=Cc1ccccc1Br. The summed E-state index contributed by atoms with van der Waals surface area (Å²) in [6, 6.07) is 15.3. The third-order valence-electron chi connectivity index (χ3n) is 2.62. The van der Waals surface area contributed by atoms with Crippen LogP contribution in [0.4, 0.5) is 0 Å². The Hall–Kier alpha value is -1.65. The fraction of sp³-hybridized carbons (Fsp3) is 0.188. The minimum atomic E-state index is 0.692. The summed E-state index contributed by atoms with van der Waals surface area (Å²) in [5.41, 5.74) is 7.35. The molecule has 106 valence electrons. The second-order valence-corrected chi connectivity index (χ2v) is 4.88. The van der Waals surface area contributed by atoms with Gasteiger partial charge >= 0.3 is 0 Å². The third kappa shape index (κ3) is 5.55. The lowest BCUT2D eigenvalue weighted by atomic mass is 10.1. The molecule has 0 aliphatic rings. The van der Waals surface area contributed by atoms with E-state index in [2.05, 4.69) is 15.9 Å². The van der Waals surface area contributed by atoms with Gasteiger partial charge in [-0.15, -0.1) is 0 Å². The van der Waals surface area contributed by atoms with Gasteiger partial charge in [0.15, 0.2) is 6.29 Å². The van der Waals surface area contributed by atoms with E-state index in [1.165, 1.54) is 5.56 Å². The lowest BCUT2D eigenvalue weighted by molar-refractivity contribution is 0.112. The molecule has 20 heavy (non-hydrogen) atoms. The molecule has 0 amide bonds. The molecule has 2 rings (SSSR count). The van der Waals surface area contributed by atoms with Crippen LogP contribution in [0.3, 0.4) is 0 Å². The Morgan fingerprint density at radius 1 is 1.15 bits per heavy atom. The number of hydrogen-bond acceptors (Lipinski definition) is 3. The standard InChI is InChI=1S/C9H13NO.C7H5BrO/c1-11-9-4-2-8(3-5-9)6-7-10;8-7-4-2-1-3-6(7)5-9/h2-5H,6-7,10H2,1H3;1-5H. The molecule has 0 heterocycles. The van der Waals surface area contributed by atoms with Crippen LogP contribution in [0, 0.1) is 0 Å². The lowest BCUT2D eigenvalue weighted by Gasteiger charge is -2.00. The van der Waals surface area contributed by atoms with Crippen LogP contribution in [-0.4, -0.2) is 19.9 Å². The predicted octanol–water partition coefficient (Wildman–Crippen LogP) is 3.46. The molecule has 2 aromatic carbocycles. The van der Waals surface area contributed by atoms with Crippen LogP contribution in [0.15, 0.2) is 53.0 Å². The summed E-state index contributed by atoms with van der Waals surface area (Å²) in [5.74, 6) is 0.894. The summed E-state index contributed by atoms with van der Waals surface area (Å²) in [5, 5.41) is 0. The van der Waals surface area contributed by atoms with Crippen molar-refractivity contribution in [2.24, 2.45) is 5.73 Å². The second-order valence-electron chi connectivity index (χ2n) is 4.03. The number of rotatable bonds is 4. The van der Waals surface area contributed by atoms with E-state index in [4.69, 9.17) is 10.5 Å². The molecule has 2 aromatic rings. The number of hydrogen-bond donors (Lipinski definition) is 1. The van der Waals surface area contributed by atoms with E-state index < -0.39 is 0 Å². The fourth-order valence-corrected chi connectivity index (χ4v) is 1.91. The molecule has 0 fully saturated rings. The van der Waals surface area contributed by atoms with Gasteiger partial charge in [0.05, 0.1) is 7.11 Å². The van der Waals surface area contributed by atoms with E-state index in [0.717, 1.165) is 22.9 Å². The van der Waals surface area contributed by atoms with Crippen molar-refractivity contribution in [2.75, 3.05) is 13.7 Å². The van der Waals surface area contributed by atoms with Crippen molar-refractivity contribution in [3.63, 3.8) is 0 Å². The number of methoxy groups -OCH3 is 1. The maximum Gasteiger partial charge on any atom is 0.151 e. The van der Waals surface area contributed by atoms with Crippen molar-refractivity contribution >= 4 is 22.2 Å². The van der Waals surface area contributed by atoms with Crippen LogP contribution in [0.5, 0.6) is 5.75 Å². The van der Waals surface area contributed by atoms with Gasteiger partial charge in [-0.25, -0.2) is 0 Å². The van der Waals surface area contributed by atoms with Crippen LogP contribution in [0.1, 0.15) is 15.9 Å². The Labute approximate surface area is 127 Å². The first-order chi connectivity index (χ1) is 9.71. The molecule has 0 spiro atoms. The molecular weight excluding hydrogens is 318 g/mol. The quantitative estimate of drug-likeness (QED) is 0.870. The zero-order chi connectivity index (χ0) is 14.8. The van der Waals surface area contributed by atoms with Crippen LogP contribution in [0.2, 0.25) is 0 Å². The van der Waals surface area contributed by atoms with Gasteiger partial charge in [-0.1, -0.05) is 46.3 Å². The molecular formula is C16H18BrNO2. The number of aldehydes is 1. The monoisotopic (exact) mass is 335 g/mol. The molecule has 4 heteroatoms. The zero-order valence-corrected chi connectivity index (χ0v) is 13.0. The van der Waals surface area contributed by atoms with E-state index in [0.29, 0.717) is 12.1 Å². The molecule has 0 aliphatic heterocycles. The molecule has 0 aliphatic carbocycles. The van der Waals surface area contributed by atoms with Crippen LogP contribution in [-0.2, 0) is 6.42 Å². The molecule has 0 saturated carbocycles. The highest BCUT2D eigenvalue weighted by Gasteiger charge is 1.92. The first-order valence-corrected chi connectivity index (χ1v) is 7.03. The van der Waals surface area contributed by atoms with E-state index >= 15 is 0 Å². The molecule has 3 nitrogen and oxygen atoms in total. The van der Waals surface area contributed by atoms with Crippen molar-refractivity contribution < 1.29 is 9.53 Å². The van der Waals surface area contributed by atoms with Gasteiger partial charge in [-0.3, -0.25) is 4.79 Å². The van der Waals surface area contributed by atoms with E-state index in [-0.39, 0.29) is 0 Å². The van der Waals surface area contributed by atoms with E-state index in [1.54, 1.807) is 13.2 Å². The maximum atomic E-state index is 10.2. The Balaban J connectivity index is 0.000000204. The van der Waals surface area contributed by atoms with Crippen LogP contribution >= 0.6 is 15.9 Å². The average Bonchev–Trinajstić information content (AvgIpc) is 2.49. The highest BCUT2D eigenvalue weighted by Crippen LogP contribution is 2.12. The minimum absolute atomic E-state index is 0.692. The van der Waals surface area contributed by atoms with Crippen LogP contribution < -0.4 is 10.5 Å².